The maximum atomic E-state index is 6.18. The van der Waals surface area contributed by atoms with Crippen molar-refractivity contribution in [3.8, 4) is 11.1 Å². The quantitative estimate of drug-likeness (QED) is 0.775. The molecule has 0 aromatic heterocycles. The highest BCUT2D eigenvalue weighted by molar-refractivity contribution is 6.31. The molecule has 1 nitrogen and oxygen atoms in total. The Morgan fingerprint density at radius 1 is 0.941 bits per heavy atom. The van der Waals surface area contributed by atoms with E-state index in [-0.39, 0.29) is 0 Å². The van der Waals surface area contributed by atoms with Gasteiger partial charge in [0.2, 0.25) is 0 Å². The average Bonchev–Trinajstić information content (AvgIpc) is 2.33. The largest absolute Gasteiger partial charge is 0.380 e. The van der Waals surface area contributed by atoms with Crippen molar-refractivity contribution in [3.05, 3.63) is 58.1 Å². The summed E-state index contributed by atoms with van der Waals surface area (Å²) in [5.74, 6) is 0. The maximum absolute atomic E-state index is 6.18. The Balaban J connectivity index is 2.34. The first kappa shape index (κ1) is 12.4. The summed E-state index contributed by atoms with van der Waals surface area (Å²) in [5.41, 5.74) is 3.17. The van der Waals surface area contributed by atoms with Gasteiger partial charge >= 0.3 is 0 Å². The van der Waals surface area contributed by atoms with Crippen molar-refractivity contribution in [2.45, 2.75) is 6.61 Å². The monoisotopic (exact) mass is 266 g/mol. The van der Waals surface area contributed by atoms with Crippen LogP contribution in [-0.4, -0.2) is 7.11 Å². The first-order valence-corrected chi connectivity index (χ1v) is 5.99. The number of rotatable bonds is 3. The molecule has 0 unspecified atom stereocenters. The highest BCUT2D eigenvalue weighted by Gasteiger charge is 2.03. The number of halogens is 2. The topological polar surface area (TPSA) is 9.23 Å². The van der Waals surface area contributed by atoms with Crippen LogP contribution in [-0.2, 0) is 11.3 Å². The van der Waals surface area contributed by atoms with Crippen LogP contribution in [0.15, 0.2) is 42.5 Å². The normalized spacial score (nSPS) is 10.5. The van der Waals surface area contributed by atoms with Crippen LogP contribution in [0.4, 0.5) is 0 Å². The molecule has 0 bridgehead atoms. The van der Waals surface area contributed by atoms with Crippen LogP contribution in [0.1, 0.15) is 5.56 Å². The molecule has 0 amide bonds. The Morgan fingerprint density at radius 3 is 2.18 bits per heavy atom. The molecule has 2 rings (SSSR count). The van der Waals surface area contributed by atoms with Gasteiger partial charge in [-0.05, 0) is 34.9 Å². The van der Waals surface area contributed by atoms with E-state index in [4.69, 9.17) is 27.9 Å². The first-order valence-electron chi connectivity index (χ1n) is 5.24. The van der Waals surface area contributed by atoms with E-state index >= 15 is 0 Å². The van der Waals surface area contributed by atoms with Crippen molar-refractivity contribution < 1.29 is 4.74 Å². The fourth-order valence-electron chi connectivity index (χ4n) is 1.64. The van der Waals surface area contributed by atoms with Crippen molar-refractivity contribution in [2.75, 3.05) is 7.11 Å². The van der Waals surface area contributed by atoms with Gasteiger partial charge in [-0.3, -0.25) is 0 Å². The molecule has 0 N–H and O–H groups in total. The number of benzene rings is 2. The van der Waals surface area contributed by atoms with Crippen molar-refractivity contribution in [2.24, 2.45) is 0 Å². The molecule has 17 heavy (non-hydrogen) atoms. The Morgan fingerprint density at radius 2 is 1.59 bits per heavy atom. The molecule has 0 heterocycles. The molecule has 2 aromatic carbocycles. The Labute approximate surface area is 111 Å². The van der Waals surface area contributed by atoms with Crippen LogP contribution < -0.4 is 0 Å². The Hall–Kier alpha value is -1.02. The first-order chi connectivity index (χ1) is 8.20. The fourth-order valence-corrected chi connectivity index (χ4v) is 2.00. The van der Waals surface area contributed by atoms with Crippen molar-refractivity contribution >= 4 is 23.2 Å². The lowest BCUT2D eigenvalue weighted by Gasteiger charge is -2.07. The molecule has 88 valence electrons. The van der Waals surface area contributed by atoms with Gasteiger partial charge in [-0.2, -0.15) is 0 Å². The van der Waals surface area contributed by atoms with Gasteiger partial charge in [0.25, 0.3) is 0 Å². The van der Waals surface area contributed by atoms with Gasteiger partial charge < -0.3 is 4.74 Å². The molecule has 2 aromatic rings. The predicted molar refractivity (Wildman–Crippen MR) is 72.6 cm³/mol. The molecule has 0 spiro atoms. The summed E-state index contributed by atoms with van der Waals surface area (Å²) in [6.45, 7) is 0.528. The third kappa shape index (κ3) is 3.01. The summed E-state index contributed by atoms with van der Waals surface area (Å²) in [5, 5.41) is 1.45. The molecule has 0 atom stereocenters. The zero-order valence-corrected chi connectivity index (χ0v) is 10.9. The van der Waals surface area contributed by atoms with Gasteiger partial charge in [0.05, 0.1) is 6.61 Å². The molecule has 0 fully saturated rings. The molecule has 0 aliphatic rings. The summed E-state index contributed by atoms with van der Waals surface area (Å²) in [6, 6.07) is 13.6. The van der Waals surface area contributed by atoms with Crippen molar-refractivity contribution in [1.29, 1.82) is 0 Å². The molecule has 0 radical (unpaired) electrons. The van der Waals surface area contributed by atoms with Crippen molar-refractivity contribution in [3.63, 3.8) is 0 Å². The van der Waals surface area contributed by atoms with Gasteiger partial charge in [-0.15, -0.1) is 0 Å². The van der Waals surface area contributed by atoms with E-state index in [0.717, 1.165) is 26.7 Å². The minimum atomic E-state index is 0.528. The third-order valence-electron chi connectivity index (χ3n) is 2.53. The van der Waals surface area contributed by atoms with E-state index in [9.17, 15) is 0 Å². The van der Waals surface area contributed by atoms with Crippen molar-refractivity contribution in [1.82, 2.24) is 0 Å². The van der Waals surface area contributed by atoms with Gasteiger partial charge in [0.15, 0.2) is 0 Å². The smallest absolute Gasteiger partial charge is 0.0727 e. The summed E-state index contributed by atoms with van der Waals surface area (Å²) in [7, 11) is 1.66. The number of hydrogen-bond donors (Lipinski definition) is 0. The lowest BCUT2D eigenvalue weighted by molar-refractivity contribution is 0.185. The minimum Gasteiger partial charge on any atom is -0.380 e. The Kier molecular flexibility index (Phi) is 4.06. The van der Waals surface area contributed by atoms with Gasteiger partial charge in [-0.25, -0.2) is 0 Å². The lowest BCUT2D eigenvalue weighted by atomic mass is 10.0. The average molecular weight is 267 g/mol. The SMILES string of the molecule is COCc1ccc(-c2ccc(Cl)cc2)cc1Cl. The van der Waals surface area contributed by atoms with Crippen LogP contribution in [0, 0.1) is 0 Å². The molecule has 3 heteroatoms. The molecule has 0 aliphatic carbocycles. The summed E-state index contributed by atoms with van der Waals surface area (Å²) >= 11 is 12.0. The number of methoxy groups -OCH3 is 1. The fraction of sp³-hybridized carbons (Fsp3) is 0.143. The van der Waals surface area contributed by atoms with E-state index in [1.165, 1.54) is 0 Å². The second-order valence-corrected chi connectivity index (χ2v) is 4.59. The summed E-state index contributed by atoms with van der Waals surface area (Å²) in [4.78, 5) is 0. The van der Waals surface area contributed by atoms with E-state index in [1.807, 2.05) is 42.5 Å². The van der Waals surface area contributed by atoms with E-state index in [0.29, 0.717) is 6.61 Å². The third-order valence-corrected chi connectivity index (χ3v) is 3.13. The minimum absolute atomic E-state index is 0.528. The number of ether oxygens (including phenoxy) is 1. The van der Waals surface area contributed by atoms with Crippen LogP contribution in [0.3, 0.4) is 0 Å². The molecule has 0 saturated carbocycles. The second kappa shape index (κ2) is 5.54. The zero-order valence-electron chi connectivity index (χ0n) is 9.41. The van der Waals surface area contributed by atoms with E-state index in [1.54, 1.807) is 7.11 Å². The van der Waals surface area contributed by atoms with Crippen LogP contribution in [0.5, 0.6) is 0 Å². The maximum Gasteiger partial charge on any atom is 0.0727 e. The summed E-state index contributed by atoms with van der Waals surface area (Å²) < 4.78 is 5.07. The van der Waals surface area contributed by atoms with Crippen LogP contribution in [0.2, 0.25) is 10.0 Å². The Bertz CT molecular complexity index is 506. The predicted octanol–water partition coefficient (Wildman–Crippen LogP) is 4.81. The highest BCUT2D eigenvalue weighted by atomic mass is 35.5. The van der Waals surface area contributed by atoms with Crippen LogP contribution >= 0.6 is 23.2 Å². The molecule has 0 saturated heterocycles. The van der Waals surface area contributed by atoms with E-state index < -0.39 is 0 Å². The molecular weight excluding hydrogens is 255 g/mol. The summed E-state index contributed by atoms with van der Waals surface area (Å²) in [6.07, 6.45) is 0. The van der Waals surface area contributed by atoms with E-state index in [2.05, 4.69) is 0 Å². The van der Waals surface area contributed by atoms with Gasteiger partial charge in [-0.1, -0.05) is 47.5 Å². The highest BCUT2D eigenvalue weighted by Crippen LogP contribution is 2.27. The molecule has 0 aliphatic heterocycles. The zero-order chi connectivity index (χ0) is 12.3. The number of hydrogen-bond acceptors (Lipinski definition) is 1. The second-order valence-electron chi connectivity index (χ2n) is 3.75. The lowest BCUT2D eigenvalue weighted by Crippen LogP contribution is -1.89. The van der Waals surface area contributed by atoms with Crippen LogP contribution in [0.25, 0.3) is 11.1 Å². The standard InChI is InChI=1S/C14H12Cl2O/c1-17-9-12-3-2-11(8-14(12)16)10-4-6-13(15)7-5-10/h2-8H,9H2,1H3. The van der Waals surface area contributed by atoms with Gasteiger partial charge in [0, 0.05) is 17.2 Å². The van der Waals surface area contributed by atoms with Gasteiger partial charge in [0.1, 0.15) is 0 Å². The molecular formula is C14H12Cl2O.